The molecule has 2 aromatic carbocycles. The molecule has 0 saturated carbocycles. The Balaban J connectivity index is 1.89. The summed E-state index contributed by atoms with van der Waals surface area (Å²) in [5.41, 5.74) is 6.01. The number of nitriles is 1. The van der Waals surface area contributed by atoms with Gasteiger partial charge in [-0.05, 0) is 42.8 Å². The zero-order valence-electron chi connectivity index (χ0n) is 16.6. The monoisotopic (exact) mass is 454 g/mol. The molecule has 11 heteroatoms. The van der Waals surface area contributed by atoms with Gasteiger partial charge in [-0.25, -0.2) is 31.5 Å². The summed E-state index contributed by atoms with van der Waals surface area (Å²) in [6.07, 6.45) is 2.64. The van der Waals surface area contributed by atoms with Crippen molar-refractivity contribution in [3.05, 3.63) is 77.3 Å². The van der Waals surface area contributed by atoms with Crippen molar-refractivity contribution in [3.63, 3.8) is 0 Å². The van der Waals surface area contributed by atoms with Crippen molar-refractivity contribution in [2.45, 2.75) is 17.9 Å². The number of nitrogens with one attached hydrogen (secondary N) is 1. The lowest BCUT2D eigenvalue weighted by atomic mass is 10.1. The Morgan fingerprint density at radius 2 is 1.94 bits per heavy atom. The number of nitrogens with zero attached hydrogens (tertiary/aromatic N) is 4. The predicted molar refractivity (Wildman–Crippen MR) is 115 cm³/mol. The second-order valence-electron chi connectivity index (χ2n) is 6.94. The van der Waals surface area contributed by atoms with Gasteiger partial charge >= 0.3 is 0 Å². The van der Waals surface area contributed by atoms with E-state index in [1.807, 2.05) is 6.07 Å². The third kappa shape index (κ3) is 3.50. The summed E-state index contributed by atoms with van der Waals surface area (Å²) in [6, 6.07) is 9.99. The van der Waals surface area contributed by atoms with Crippen LogP contribution in [0.2, 0.25) is 0 Å². The van der Waals surface area contributed by atoms with Crippen molar-refractivity contribution in [1.29, 1.82) is 5.26 Å². The van der Waals surface area contributed by atoms with Crippen LogP contribution >= 0.6 is 0 Å². The Morgan fingerprint density at radius 3 is 2.66 bits per heavy atom. The minimum Gasteiger partial charge on any atom is -0.382 e. The topological polar surface area (TPSA) is 125 Å². The van der Waals surface area contributed by atoms with Crippen LogP contribution in [0.15, 0.2) is 59.4 Å². The summed E-state index contributed by atoms with van der Waals surface area (Å²) < 4.78 is 56.4. The largest absolute Gasteiger partial charge is 0.382 e. The fourth-order valence-corrected chi connectivity index (χ4v) is 5.25. The summed E-state index contributed by atoms with van der Waals surface area (Å²) >= 11 is 0. The van der Waals surface area contributed by atoms with E-state index in [2.05, 4.69) is 15.3 Å². The van der Waals surface area contributed by atoms with Gasteiger partial charge in [0.05, 0.1) is 17.4 Å². The molecule has 0 saturated heterocycles. The highest BCUT2D eigenvalue weighted by Crippen LogP contribution is 2.38. The molecule has 0 aliphatic carbocycles. The number of benzene rings is 2. The maximum Gasteiger partial charge on any atom is 0.271 e. The van der Waals surface area contributed by atoms with Crippen LogP contribution in [-0.2, 0) is 10.0 Å². The molecule has 4 rings (SSSR count). The molecular weight excluding hydrogens is 438 g/mol. The lowest BCUT2D eigenvalue weighted by Gasteiger charge is -2.34. The summed E-state index contributed by atoms with van der Waals surface area (Å²) in [7, 11) is -4.43. The first-order chi connectivity index (χ1) is 15.2. The van der Waals surface area contributed by atoms with Crippen molar-refractivity contribution in [2.75, 3.05) is 15.4 Å². The van der Waals surface area contributed by atoms with Gasteiger partial charge in [0.25, 0.3) is 10.0 Å². The van der Waals surface area contributed by atoms with E-state index in [9.17, 15) is 22.5 Å². The van der Waals surface area contributed by atoms with Gasteiger partial charge < -0.3 is 11.1 Å². The normalized spacial score (nSPS) is 15.3. The maximum atomic E-state index is 14.6. The molecular formula is C21H16F2N6O2S. The van der Waals surface area contributed by atoms with Crippen LogP contribution in [0.25, 0.3) is 6.08 Å². The molecule has 162 valence electrons. The number of anilines is 3. The Hall–Kier alpha value is -4.04. The smallest absolute Gasteiger partial charge is 0.271 e. The van der Waals surface area contributed by atoms with Gasteiger partial charge in [0, 0.05) is 0 Å². The fourth-order valence-electron chi connectivity index (χ4n) is 3.45. The molecule has 2 heterocycles. The van der Waals surface area contributed by atoms with Crippen LogP contribution in [0.5, 0.6) is 0 Å². The van der Waals surface area contributed by atoms with Gasteiger partial charge in [-0.1, -0.05) is 18.2 Å². The van der Waals surface area contributed by atoms with Gasteiger partial charge in [0.15, 0.2) is 0 Å². The van der Waals surface area contributed by atoms with Crippen LogP contribution in [0.1, 0.15) is 18.1 Å². The Labute approximate surface area is 182 Å². The zero-order chi connectivity index (χ0) is 23.0. The van der Waals surface area contributed by atoms with E-state index in [0.717, 1.165) is 22.8 Å². The quantitative estimate of drug-likeness (QED) is 0.620. The number of aromatic nitrogens is 2. The molecule has 1 aliphatic rings. The van der Waals surface area contributed by atoms with Gasteiger partial charge in [0.1, 0.15) is 46.1 Å². The van der Waals surface area contributed by atoms with Crippen LogP contribution in [0.3, 0.4) is 0 Å². The summed E-state index contributed by atoms with van der Waals surface area (Å²) in [5, 5.41) is 12.3. The average molecular weight is 454 g/mol. The van der Waals surface area contributed by atoms with E-state index in [1.54, 1.807) is 6.92 Å². The van der Waals surface area contributed by atoms with Crippen LogP contribution < -0.4 is 15.4 Å². The summed E-state index contributed by atoms with van der Waals surface area (Å²) in [4.78, 5) is 7.27. The number of nitrogen functional groups attached to an aromatic ring is 1. The molecule has 1 atom stereocenters. The van der Waals surface area contributed by atoms with Gasteiger partial charge in [-0.2, -0.15) is 5.26 Å². The minimum absolute atomic E-state index is 0.0117. The summed E-state index contributed by atoms with van der Waals surface area (Å²) in [5.74, 6) is -1.53. The molecule has 0 unspecified atom stereocenters. The highest BCUT2D eigenvalue weighted by atomic mass is 32.2. The van der Waals surface area contributed by atoms with E-state index >= 15 is 0 Å². The summed E-state index contributed by atoms with van der Waals surface area (Å²) in [6.45, 7) is 1.62. The average Bonchev–Trinajstić information content (AvgIpc) is 2.73. The number of nitrogens with two attached hydrogens (primary N) is 1. The van der Waals surface area contributed by atoms with E-state index in [-0.39, 0.29) is 34.1 Å². The SMILES string of the molecule is C[C@H](Nc1ncnc(N)c1C#N)C1=Cc2cccc(F)c2S(=O)(=O)N1c1cccc(F)c1. The Morgan fingerprint density at radius 1 is 1.19 bits per heavy atom. The van der Waals surface area contributed by atoms with Gasteiger partial charge in [0.2, 0.25) is 0 Å². The van der Waals surface area contributed by atoms with Crippen molar-refractivity contribution in [2.24, 2.45) is 0 Å². The number of fused-ring (bicyclic) bond motifs is 1. The van der Waals surface area contributed by atoms with E-state index < -0.39 is 32.6 Å². The van der Waals surface area contributed by atoms with Crippen molar-refractivity contribution in [1.82, 2.24) is 9.97 Å². The standard InChI is InChI=1S/C21H16F2N6O2S/c1-12(28-21-16(10-24)20(25)26-11-27-21)18-8-13-4-2-7-17(23)19(13)32(30,31)29(18)15-6-3-5-14(22)9-15/h2-9,11-12H,1H3,(H3,25,26,27,28)/t12-/m0/s1. The molecule has 0 amide bonds. The van der Waals surface area contributed by atoms with Crippen LogP contribution in [0.4, 0.5) is 26.1 Å². The first-order valence-corrected chi connectivity index (χ1v) is 10.8. The first kappa shape index (κ1) is 21.2. The maximum absolute atomic E-state index is 14.6. The molecule has 3 N–H and O–H groups in total. The molecule has 1 aromatic heterocycles. The zero-order valence-corrected chi connectivity index (χ0v) is 17.4. The van der Waals surface area contributed by atoms with Gasteiger partial charge in [-0.15, -0.1) is 0 Å². The number of rotatable bonds is 4. The highest BCUT2D eigenvalue weighted by Gasteiger charge is 2.38. The second kappa shape index (κ2) is 7.90. The minimum atomic E-state index is -4.43. The molecule has 32 heavy (non-hydrogen) atoms. The van der Waals surface area contributed by atoms with Crippen LogP contribution in [0, 0.1) is 23.0 Å². The lowest BCUT2D eigenvalue weighted by molar-refractivity contribution is 0.563. The van der Waals surface area contributed by atoms with Crippen molar-refractivity contribution >= 4 is 33.4 Å². The third-order valence-corrected chi connectivity index (χ3v) is 6.71. The molecule has 0 fully saturated rings. The Kier molecular flexibility index (Phi) is 5.23. The Bertz CT molecular complexity index is 1400. The predicted octanol–water partition coefficient (Wildman–Crippen LogP) is 3.26. The second-order valence-corrected chi connectivity index (χ2v) is 8.66. The highest BCUT2D eigenvalue weighted by molar-refractivity contribution is 7.93. The molecule has 0 bridgehead atoms. The number of halogens is 2. The van der Waals surface area contributed by atoms with Crippen LogP contribution in [-0.4, -0.2) is 24.4 Å². The molecule has 8 nitrogen and oxygen atoms in total. The molecule has 3 aromatic rings. The van der Waals surface area contributed by atoms with Crippen molar-refractivity contribution < 1.29 is 17.2 Å². The first-order valence-electron chi connectivity index (χ1n) is 9.32. The lowest BCUT2D eigenvalue weighted by Crippen LogP contribution is -2.40. The van der Waals surface area contributed by atoms with E-state index in [0.29, 0.717) is 0 Å². The number of sulfonamides is 1. The van der Waals surface area contributed by atoms with Crippen molar-refractivity contribution in [3.8, 4) is 6.07 Å². The van der Waals surface area contributed by atoms with Gasteiger partial charge in [-0.3, -0.25) is 0 Å². The molecule has 0 spiro atoms. The number of hydrogen-bond acceptors (Lipinski definition) is 7. The third-order valence-electron chi connectivity index (χ3n) is 4.86. The number of hydrogen-bond donors (Lipinski definition) is 2. The molecule has 0 radical (unpaired) electrons. The molecule has 1 aliphatic heterocycles. The van der Waals surface area contributed by atoms with E-state index in [1.165, 1.54) is 36.4 Å². The fraction of sp³-hybridized carbons (Fsp3) is 0.0952. The van der Waals surface area contributed by atoms with E-state index in [4.69, 9.17) is 5.73 Å².